The van der Waals surface area contributed by atoms with Gasteiger partial charge in [0, 0.05) is 5.56 Å². The minimum Gasteiger partial charge on any atom is -0.493 e. The maximum atomic E-state index is 12.8. The second-order valence-corrected chi connectivity index (χ2v) is 7.31. The molecular weight excluding hydrogens is 436 g/mol. The highest BCUT2D eigenvalue weighted by Gasteiger charge is 2.19. The number of nitrogens with zero attached hydrogens (tertiary/aromatic N) is 2. The van der Waals surface area contributed by atoms with Crippen LogP contribution in [0.2, 0.25) is 0 Å². The summed E-state index contributed by atoms with van der Waals surface area (Å²) in [6.07, 6.45) is 0.623. The average molecular weight is 460 g/mol. The molecule has 0 saturated heterocycles. The standard InChI is InChI=1S/C26H24N2O6/c1-30-21-14-19(15-22(31-2)24(21)32-3)25-28-27-23(34-25)16-33-26(29)20-12-8-7-11-18(20)13-17-9-5-4-6-10-17/h4-12,14-15H,13,16H2,1-3H3. The molecule has 0 saturated carbocycles. The maximum absolute atomic E-state index is 12.8. The van der Waals surface area contributed by atoms with E-state index < -0.39 is 5.97 Å². The fraction of sp³-hybridized carbons (Fsp3) is 0.192. The first-order valence-electron chi connectivity index (χ1n) is 10.5. The number of aromatic nitrogens is 2. The molecule has 0 radical (unpaired) electrons. The second-order valence-electron chi connectivity index (χ2n) is 7.31. The molecule has 0 amide bonds. The molecule has 174 valence electrons. The van der Waals surface area contributed by atoms with E-state index in [1.807, 2.05) is 42.5 Å². The Kier molecular flexibility index (Phi) is 7.07. The highest BCUT2D eigenvalue weighted by molar-refractivity contribution is 5.91. The third-order valence-corrected chi connectivity index (χ3v) is 5.18. The molecule has 8 heteroatoms. The molecule has 3 aromatic carbocycles. The van der Waals surface area contributed by atoms with Crippen molar-refractivity contribution in [2.24, 2.45) is 0 Å². The zero-order valence-electron chi connectivity index (χ0n) is 19.1. The van der Waals surface area contributed by atoms with Crippen molar-refractivity contribution >= 4 is 5.97 Å². The Balaban J connectivity index is 1.48. The fourth-order valence-corrected chi connectivity index (χ4v) is 3.53. The molecule has 8 nitrogen and oxygen atoms in total. The molecule has 0 aliphatic heterocycles. The molecule has 0 atom stereocenters. The van der Waals surface area contributed by atoms with Crippen LogP contribution in [-0.4, -0.2) is 37.5 Å². The quantitative estimate of drug-likeness (QED) is 0.332. The zero-order valence-corrected chi connectivity index (χ0v) is 19.1. The number of esters is 1. The van der Waals surface area contributed by atoms with Gasteiger partial charge in [-0.25, -0.2) is 4.79 Å². The number of carbonyl (C=O) groups excluding carboxylic acids is 1. The van der Waals surface area contributed by atoms with Crippen molar-refractivity contribution in [1.29, 1.82) is 0 Å². The molecule has 0 spiro atoms. The van der Waals surface area contributed by atoms with Crippen molar-refractivity contribution in [3.05, 3.63) is 89.3 Å². The molecule has 1 aromatic heterocycles. The van der Waals surface area contributed by atoms with E-state index >= 15 is 0 Å². The summed E-state index contributed by atoms with van der Waals surface area (Å²) in [6, 6.07) is 20.7. The molecular formula is C26H24N2O6. The van der Waals surface area contributed by atoms with Gasteiger partial charge in [-0.05, 0) is 35.7 Å². The molecule has 0 aliphatic carbocycles. The molecule has 34 heavy (non-hydrogen) atoms. The molecule has 0 aliphatic rings. The number of hydrogen-bond acceptors (Lipinski definition) is 8. The second kappa shape index (κ2) is 10.5. The lowest BCUT2D eigenvalue weighted by Gasteiger charge is -2.12. The predicted molar refractivity (Wildman–Crippen MR) is 124 cm³/mol. The summed E-state index contributed by atoms with van der Waals surface area (Å²) in [5, 5.41) is 8.05. The first-order chi connectivity index (χ1) is 16.6. The van der Waals surface area contributed by atoms with Gasteiger partial charge in [0.05, 0.1) is 26.9 Å². The topological polar surface area (TPSA) is 92.9 Å². The summed E-state index contributed by atoms with van der Waals surface area (Å²) in [4.78, 5) is 12.8. The van der Waals surface area contributed by atoms with Crippen LogP contribution >= 0.6 is 0 Å². The normalized spacial score (nSPS) is 10.6. The average Bonchev–Trinajstić information content (AvgIpc) is 3.36. The molecule has 1 heterocycles. The Morgan fingerprint density at radius 3 is 2.21 bits per heavy atom. The third kappa shape index (κ3) is 5.01. The van der Waals surface area contributed by atoms with Gasteiger partial charge in [0.25, 0.3) is 5.89 Å². The van der Waals surface area contributed by atoms with E-state index in [-0.39, 0.29) is 18.4 Å². The van der Waals surface area contributed by atoms with Crippen LogP contribution in [0.1, 0.15) is 27.4 Å². The van der Waals surface area contributed by atoms with Crippen LogP contribution in [0.4, 0.5) is 0 Å². The van der Waals surface area contributed by atoms with Gasteiger partial charge in [-0.1, -0.05) is 48.5 Å². The van der Waals surface area contributed by atoms with E-state index in [1.54, 1.807) is 24.3 Å². The highest BCUT2D eigenvalue weighted by Crippen LogP contribution is 2.40. The summed E-state index contributed by atoms with van der Waals surface area (Å²) >= 11 is 0. The summed E-state index contributed by atoms with van der Waals surface area (Å²) in [5.41, 5.74) is 3.06. The van der Waals surface area contributed by atoms with Crippen molar-refractivity contribution in [3.8, 4) is 28.7 Å². The van der Waals surface area contributed by atoms with E-state index in [0.29, 0.717) is 34.8 Å². The summed E-state index contributed by atoms with van der Waals surface area (Å²) in [7, 11) is 4.57. The van der Waals surface area contributed by atoms with Gasteiger partial charge in [-0.15, -0.1) is 10.2 Å². The van der Waals surface area contributed by atoms with Crippen molar-refractivity contribution in [2.45, 2.75) is 13.0 Å². The molecule has 0 unspecified atom stereocenters. The van der Waals surface area contributed by atoms with Crippen LogP contribution in [0.25, 0.3) is 11.5 Å². The van der Waals surface area contributed by atoms with Crippen LogP contribution in [0.3, 0.4) is 0 Å². The first kappa shape index (κ1) is 22.8. The number of ether oxygens (including phenoxy) is 4. The smallest absolute Gasteiger partial charge is 0.338 e. The SMILES string of the molecule is COc1cc(-c2nnc(COC(=O)c3ccccc3Cc3ccccc3)o2)cc(OC)c1OC. The van der Waals surface area contributed by atoms with Crippen LogP contribution in [0.15, 0.2) is 71.1 Å². The lowest BCUT2D eigenvalue weighted by Crippen LogP contribution is -2.09. The van der Waals surface area contributed by atoms with Gasteiger partial charge in [0.15, 0.2) is 18.1 Å². The van der Waals surface area contributed by atoms with E-state index in [1.165, 1.54) is 21.3 Å². The molecule has 0 fully saturated rings. The van der Waals surface area contributed by atoms with Crippen molar-refractivity contribution in [3.63, 3.8) is 0 Å². The van der Waals surface area contributed by atoms with E-state index in [0.717, 1.165) is 11.1 Å². The number of hydrogen-bond donors (Lipinski definition) is 0. The van der Waals surface area contributed by atoms with Crippen molar-refractivity contribution in [2.75, 3.05) is 21.3 Å². The van der Waals surface area contributed by atoms with E-state index in [9.17, 15) is 4.79 Å². The van der Waals surface area contributed by atoms with E-state index in [2.05, 4.69) is 10.2 Å². The van der Waals surface area contributed by atoms with Crippen LogP contribution in [0.5, 0.6) is 17.2 Å². The largest absolute Gasteiger partial charge is 0.493 e. The summed E-state index contributed by atoms with van der Waals surface area (Å²) in [6.45, 7) is -0.157. The van der Waals surface area contributed by atoms with E-state index in [4.69, 9.17) is 23.4 Å². The monoisotopic (exact) mass is 460 g/mol. The van der Waals surface area contributed by atoms with Gasteiger partial charge in [-0.2, -0.15) is 0 Å². The summed E-state index contributed by atoms with van der Waals surface area (Å²) in [5.74, 6) is 1.30. The number of methoxy groups -OCH3 is 3. The van der Waals surface area contributed by atoms with Gasteiger partial charge >= 0.3 is 5.97 Å². The zero-order chi connectivity index (χ0) is 23.9. The highest BCUT2D eigenvalue weighted by atomic mass is 16.5. The Labute approximate surface area is 197 Å². The predicted octanol–water partition coefficient (Wildman–Crippen LogP) is 4.71. The fourth-order valence-electron chi connectivity index (χ4n) is 3.53. The lowest BCUT2D eigenvalue weighted by atomic mass is 10.00. The van der Waals surface area contributed by atoms with Crippen LogP contribution < -0.4 is 14.2 Å². The Morgan fingerprint density at radius 1 is 0.853 bits per heavy atom. The molecule has 4 rings (SSSR count). The lowest BCUT2D eigenvalue weighted by molar-refractivity contribution is 0.0437. The third-order valence-electron chi connectivity index (χ3n) is 5.18. The molecule has 0 N–H and O–H groups in total. The Hall–Kier alpha value is -4.33. The summed E-state index contributed by atoms with van der Waals surface area (Å²) < 4.78 is 27.2. The number of benzene rings is 3. The van der Waals surface area contributed by atoms with Crippen molar-refractivity contribution < 1.29 is 28.2 Å². The van der Waals surface area contributed by atoms with Gasteiger partial charge in [0.1, 0.15) is 0 Å². The number of carbonyl (C=O) groups is 1. The van der Waals surface area contributed by atoms with Crippen LogP contribution in [-0.2, 0) is 17.8 Å². The molecule has 4 aromatic rings. The van der Waals surface area contributed by atoms with Crippen LogP contribution in [0, 0.1) is 0 Å². The Bertz CT molecular complexity index is 1240. The van der Waals surface area contributed by atoms with Gasteiger partial charge < -0.3 is 23.4 Å². The minimum atomic E-state index is -0.459. The van der Waals surface area contributed by atoms with Crippen molar-refractivity contribution in [1.82, 2.24) is 10.2 Å². The van der Waals surface area contributed by atoms with Gasteiger partial charge in [0.2, 0.25) is 11.6 Å². The molecule has 0 bridgehead atoms. The Morgan fingerprint density at radius 2 is 1.53 bits per heavy atom. The first-order valence-corrected chi connectivity index (χ1v) is 10.5. The minimum absolute atomic E-state index is 0.157. The number of rotatable bonds is 9. The maximum Gasteiger partial charge on any atom is 0.338 e. The van der Waals surface area contributed by atoms with Gasteiger partial charge in [-0.3, -0.25) is 0 Å².